The van der Waals surface area contributed by atoms with E-state index in [-0.39, 0.29) is 0 Å². The average Bonchev–Trinajstić information content (AvgIpc) is 2.40. The van der Waals surface area contributed by atoms with Gasteiger partial charge in [-0.1, -0.05) is 12.1 Å². The zero-order valence-electron chi connectivity index (χ0n) is 10.6. The number of benzene rings is 1. The molecule has 5 heteroatoms. The molecule has 1 heterocycles. The van der Waals surface area contributed by atoms with Crippen molar-refractivity contribution in [2.45, 2.75) is 13.8 Å². The summed E-state index contributed by atoms with van der Waals surface area (Å²) in [6.07, 6.45) is 1.69. The quantitative estimate of drug-likeness (QED) is 0.636. The number of rotatable bonds is 4. The molecule has 0 spiro atoms. The molecule has 1 aromatic carbocycles. The van der Waals surface area contributed by atoms with E-state index in [1.54, 1.807) is 6.20 Å². The minimum Gasteiger partial charge on any atom is -0.326 e. The van der Waals surface area contributed by atoms with Crippen LogP contribution in [0, 0.1) is 6.92 Å². The van der Waals surface area contributed by atoms with Gasteiger partial charge < -0.3 is 4.90 Å². The highest BCUT2D eigenvalue weighted by Gasteiger charge is 2.09. The molecule has 0 amide bonds. The number of nitrogen functional groups attached to an aromatic ring is 1. The third-order valence-corrected chi connectivity index (χ3v) is 2.68. The summed E-state index contributed by atoms with van der Waals surface area (Å²) in [5.74, 6) is 6.57. The predicted octanol–water partition coefficient (Wildman–Crippen LogP) is 2.23. The topological polar surface area (TPSA) is 67.1 Å². The molecule has 0 aliphatic heterocycles. The first-order valence-electron chi connectivity index (χ1n) is 5.88. The normalized spacial score (nSPS) is 10.2. The lowest BCUT2D eigenvalue weighted by molar-refractivity contribution is 0.972. The maximum absolute atomic E-state index is 5.33. The average molecular weight is 243 g/mol. The first-order chi connectivity index (χ1) is 8.74. The summed E-state index contributed by atoms with van der Waals surface area (Å²) in [7, 11) is 0. The Morgan fingerprint density at radius 3 is 2.83 bits per heavy atom. The summed E-state index contributed by atoms with van der Waals surface area (Å²) in [5, 5.41) is 0. The van der Waals surface area contributed by atoms with Gasteiger partial charge in [0, 0.05) is 18.4 Å². The number of nitrogens with zero attached hydrogens (tertiary/aromatic N) is 3. The third kappa shape index (κ3) is 2.57. The molecule has 2 rings (SSSR count). The molecule has 0 saturated heterocycles. The number of hydrogen-bond donors (Lipinski definition) is 2. The number of hydrogen-bond acceptors (Lipinski definition) is 5. The predicted molar refractivity (Wildman–Crippen MR) is 73.7 cm³/mol. The molecule has 5 nitrogen and oxygen atoms in total. The summed E-state index contributed by atoms with van der Waals surface area (Å²) in [6, 6.07) is 10.2. The monoisotopic (exact) mass is 243 g/mol. The first kappa shape index (κ1) is 12.3. The van der Waals surface area contributed by atoms with Gasteiger partial charge in [0.05, 0.1) is 0 Å². The van der Waals surface area contributed by atoms with Crippen LogP contribution in [0.5, 0.6) is 0 Å². The van der Waals surface area contributed by atoms with Crippen molar-refractivity contribution < 1.29 is 0 Å². The van der Waals surface area contributed by atoms with E-state index in [2.05, 4.69) is 52.3 Å². The van der Waals surface area contributed by atoms with Gasteiger partial charge in [-0.25, -0.2) is 10.8 Å². The third-order valence-electron chi connectivity index (χ3n) is 2.68. The smallest absolute Gasteiger partial charge is 0.239 e. The molecule has 3 N–H and O–H groups in total. The first-order valence-corrected chi connectivity index (χ1v) is 5.88. The van der Waals surface area contributed by atoms with E-state index in [4.69, 9.17) is 5.84 Å². The molecule has 0 bridgehead atoms. The molecule has 94 valence electrons. The molecular formula is C13H17N5. The number of hydrazine groups is 1. The molecule has 1 aromatic heterocycles. The summed E-state index contributed by atoms with van der Waals surface area (Å²) in [5.41, 5.74) is 4.79. The molecule has 0 aliphatic carbocycles. The molecule has 0 unspecified atom stereocenters. The van der Waals surface area contributed by atoms with Crippen LogP contribution in [0.4, 0.5) is 17.5 Å². The standard InChI is InChI=1S/C13H17N5/c1-3-18(11-6-4-5-10(2)9-11)12-7-8-15-13(16-12)17-14/h4-9H,3,14H2,1-2H3,(H,15,16,17). The lowest BCUT2D eigenvalue weighted by Gasteiger charge is -2.22. The fraction of sp³-hybridized carbons (Fsp3) is 0.231. The van der Waals surface area contributed by atoms with Crippen molar-refractivity contribution in [3.63, 3.8) is 0 Å². The second-order valence-corrected chi connectivity index (χ2v) is 3.97. The van der Waals surface area contributed by atoms with Crippen LogP contribution in [0.2, 0.25) is 0 Å². The number of nitrogens with one attached hydrogen (secondary N) is 1. The lowest BCUT2D eigenvalue weighted by atomic mass is 10.2. The van der Waals surface area contributed by atoms with E-state index in [0.717, 1.165) is 18.1 Å². The Labute approximate surface area is 107 Å². The Bertz CT molecular complexity index is 526. The van der Waals surface area contributed by atoms with Crippen molar-refractivity contribution >= 4 is 17.5 Å². The van der Waals surface area contributed by atoms with Gasteiger partial charge in [0.2, 0.25) is 5.95 Å². The van der Waals surface area contributed by atoms with Crippen LogP contribution in [-0.4, -0.2) is 16.5 Å². The molecule has 0 aliphatic rings. The Morgan fingerprint density at radius 1 is 1.33 bits per heavy atom. The zero-order valence-corrected chi connectivity index (χ0v) is 10.6. The SMILES string of the molecule is CCN(c1cccc(C)c1)c1ccnc(NN)n1. The second kappa shape index (κ2) is 5.46. The van der Waals surface area contributed by atoms with Crippen LogP contribution < -0.4 is 16.2 Å². The van der Waals surface area contributed by atoms with Crippen LogP contribution in [0.3, 0.4) is 0 Å². The molecule has 0 atom stereocenters. The molecule has 0 fully saturated rings. The molecule has 0 saturated carbocycles. The largest absolute Gasteiger partial charge is 0.326 e. The van der Waals surface area contributed by atoms with Crippen molar-refractivity contribution in [2.24, 2.45) is 5.84 Å². The van der Waals surface area contributed by atoms with Crippen molar-refractivity contribution in [1.29, 1.82) is 0 Å². The van der Waals surface area contributed by atoms with E-state index in [1.807, 2.05) is 12.1 Å². The van der Waals surface area contributed by atoms with Gasteiger partial charge in [0.25, 0.3) is 0 Å². The van der Waals surface area contributed by atoms with Gasteiger partial charge in [-0.3, -0.25) is 5.43 Å². The summed E-state index contributed by atoms with van der Waals surface area (Å²) < 4.78 is 0. The van der Waals surface area contributed by atoms with Gasteiger partial charge in [-0.2, -0.15) is 4.98 Å². The number of aromatic nitrogens is 2. The van der Waals surface area contributed by atoms with E-state index in [9.17, 15) is 0 Å². The van der Waals surface area contributed by atoms with Crippen LogP contribution >= 0.6 is 0 Å². The van der Waals surface area contributed by atoms with E-state index in [1.165, 1.54) is 5.56 Å². The number of anilines is 3. The minimum atomic E-state index is 0.415. The van der Waals surface area contributed by atoms with Crippen molar-refractivity contribution in [2.75, 3.05) is 16.9 Å². The maximum Gasteiger partial charge on any atom is 0.239 e. The van der Waals surface area contributed by atoms with Crippen LogP contribution in [0.25, 0.3) is 0 Å². The lowest BCUT2D eigenvalue weighted by Crippen LogP contribution is -2.19. The van der Waals surface area contributed by atoms with Gasteiger partial charge in [-0.15, -0.1) is 0 Å². The van der Waals surface area contributed by atoms with Crippen LogP contribution in [0.15, 0.2) is 36.5 Å². The second-order valence-electron chi connectivity index (χ2n) is 3.97. The van der Waals surface area contributed by atoms with E-state index in [0.29, 0.717) is 5.95 Å². The molecule has 2 aromatic rings. The van der Waals surface area contributed by atoms with Crippen molar-refractivity contribution in [3.05, 3.63) is 42.1 Å². The van der Waals surface area contributed by atoms with E-state index < -0.39 is 0 Å². The fourth-order valence-corrected chi connectivity index (χ4v) is 1.84. The molecule has 0 radical (unpaired) electrons. The minimum absolute atomic E-state index is 0.415. The Balaban J connectivity index is 2.38. The van der Waals surface area contributed by atoms with Crippen LogP contribution in [0.1, 0.15) is 12.5 Å². The van der Waals surface area contributed by atoms with Crippen molar-refractivity contribution in [3.8, 4) is 0 Å². The highest BCUT2D eigenvalue weighted by molar-refractivity contribution is 5.61. The van der Waals surface area contributed by atoms with E-state index >= 15 is 0 Å². The molecule has 18 heavy (non-hydrogen) atoms. The highest BCUT2D eigenvalue weighted by atomic mass is 15.3. The van der Waals surface area contributed by atoms with Crippen molar-refractivity contribution in [1.82, 2.24) is 9.97 Å². The van der Waals surface area contributed by atoms with Gasteiger partial charge >= 0.3 is 0 Å². The number of aryl methyl sites for hydroxylation is 1. The Morgan fingerprint density at radius 2 is 2.17 bits per heavy atom. The maximum atomic E-state index is 5.33. The fourth-order valence-electron chi connectivity index (χ4n) is 1.84. The molecular weight excluding hydrogens is 226 g/mol. The van der Waals surface area contributed by atoms with Gasteiger partial charge in [-0.05, 0) is 37.6 Å². The Hall–Kier alpha value is -2.14. The highest BCUT2D eigenvalue weighted by Crippen LogP contribution is 2.24. The summed E-state index contributed by atoms with van der Waals surface area (Å²) in [6.45, 7) is 4.98. The van der Waals surface area contributed by atoms with Gasteiger partial charge in [0.1, 0.15) is 5.82 Å². The van der Waals surface area contributed by atoms with Gasteiger partial charge in [0.15, 0.2) is 0 Å². The number of nitrogens with two attached hydrogens (primary N) is 1. The summed E-state index contributed by atoms with van der Waals surface area (Å²) >= 11 is 0. The van der Waals surface area contributed by atoms with Crippen LogP contribution in [-0.2, 0) is 0 Å². The zero-order chi connectivity index (χ0) is 13.0. The summed E-state index contributed by atoms with van der Waals surface area (Å²) in [4.78, 5) is 10.5. The Kier molecular flexibility index (Phi) is 3.74.